The van der Waals surface area contributed by atoms with Crippen molar-refractivity contribution in [3.05, 3.63) is 0 Å². The Hall–Kier alpha value is 0.310. The molecule has 0 radical (unpaired) electrons. The van der Waals surface area contributed by atoms with Gasteiger partial charge in [0.2, 0.25) is 0 Å². The van der Waals surface area contributed by atoms with Crippen molar-refractivity contribution in [3.8, 4) is 0 Å². The van der Waals surface area contributed by atoms with Crippen LogP contribution in [-0.4, -0.2) is 22.2 Å². The maximum atomic E-state index is 9.71. The topological polar surface area (TPSA) is 20.2 Å². The lowest BCUT2D eigenvalue weighted by molar-refractivity contribution is 0.136. The normalized spacial score (nSPS) is 22.4. The third-order valence-corrected chi connectivity index (χ3v) is 4.46. The van der Waals surface area contributed by atoms with Gasteiger partial charge in [-0.1, -0.05) is 33.1 Å². The fraction of sp³-hybridized carbons (Fsp3) is 1.00. The maximum Gasteiger partial charge on any atom is 0.0633 e. The van der Waals surface area contributed by atoms with E-state index in [1.807, 2.05) is 11.8 Å². The molecule has 0 aliphatic heterocycles. The minimum atomic E-state index is -0.0516. The van der Waals surface area contributed by atoms with E-state index in [-0.39, 0.29) is 6.10 Å². The van der Waals surface area contributed by atoms with Crippen molar-refractivity contribution >= 4 is 11.8 Å². The van der Waals surface area contributed by atoms with Crippen LogP contribution in [0.4, 0.5) is 0 Å². The molecule has 0 amide bonds. The zero-order valence-corrected chi connectivity index (χ0v) is 9.65. The molecule has 1 aliphatic rings. The Morgan fingerprint density at radius 2 is 2.15 bits per heavy atom. The fourth-order valence-electron chi connectivity index (χ4n) is 1.57. The highest BCUT2D eigenvalue weighted by Crippen LogP contribution is 2.31. The second-order valence-electron chi connectivity index (χ2n) is 4.24. The van der Waals surface area contributed by atoms with Crippen LogP contribution in [0.15, 0.2) is 0 Å². The Morgan fingerprint density at radius 1 is 1.46 bits per heavy atom. The lowest BCUT2D eigenvalue weighted by Gasteiger charge is -2.27. The monoisotopic (exact) mass is 202 g/mol. The van der Waals surface area contributed by atoms with Crippen LogP contribution in [0.5, 0.6) is 0 Å². The summed E-state index contributed by atoms with van der Waals surface area (Å²) in [6.45, 7) is 4.44. The van der Waals surface area contributed by atoms with E-state index in [9.17, 15) is 5.11 Å². The van der Waals surface area contributed by atoms with Crippen LogP contribution in [0.2, 0.25) is 0 Å². The quantitative estimate of drug-likeness (QED) is 0.714. The van der Waals surface area contributed by atoms with E-state index >= 15 is 0 Å². The number of hydrogen-bond acceptors (Lipinski definition) is 2. The standard InChI is InChI=1S/C11H22OS/c1-3-9(2)13-8-11(12)7-10-5-4-6-10/h9-12H,3-8H2,1-2H3. The third-order valence-electron chi connectivity index (χ3n) is 2.98. The van der Waals surface area contributed by atoms with E-state index in [1.165, 1.54) is 25.7 Å². The predicted molar refractivity (Wildman–Crippen MR) is 60.2 cm³/mol. The summed E-state index contributed by atoms with van der Waals surface area (Å²) >= 11 is 1.91. The molecular formula is C11H22OS. The molecule has 0 aromatic rings. The van der Waals surface area contributed by atoms with Gasteiger partial charge in [0.25, 0.3) is 0 Å². The van der Waals surface area contributed by atoms with Gasteiger partial charge in [-0.2, -0.15) is 11.8 Å². The van der Waals surface area contributed by atoms with Crippen molar-refractivity contribution in [2.45, 2.75) is 57.3 Å². The van der Waals surface area contributed by atoms with Crippen molar-refractivity contribution in [3.63, 3.8) is 0 Å². The fourth-order valence-corrected chi connectivity index (χ4v) is 2.50. The zero-order chi connectivity index (χ0) is 9.68. The maximum absolute atomic E-state index is 9.71. The summed E-state index contributed by atoms with van der Waals surface area (Å²) in [7, 11) is 0. The second-order valence-corrected chi connectivity index (χ2v) is 5.71. The van der Waals surface area contributed by atoms with E-state index in [0.29, 0.717) is 5.25 Å². The molecule has 1 saturated carbocycles. The molecule has 0 heterocycles. The highest BCUT2D eigenvalue weighted by atomic mass is 32.2. The first-order valence-electron chi connectivity index (χ1n) is 5.52. The van der Waals surface area contributed by atoms with Gasteiger partial charge in [-0.05, 0) is 18.8 Å². The van der Waals surface area contributed by atoms with Crippen LogP contribution in [-0.2, 0) is 0 Å². The lowest BCUT2D eigenvalue weighted by Crippen LogP contribution is -2.21. The summed E-state index contributed by atoms with van der Waals surface area (Å²) < 4.78 is 0. The molecule has 78 valence electrons. The van der Waals surface area contributed by atoms with Crippen LogP contribution in [0.25, 0.3) is 0 Å². The summed E-state index contributed by atoms with van der Waals surface area (Å²) in [6.07, 6.45) is 6.29. The van der Waals surface area contributed by atoms with Gasteiger partial charge in [0.05, 0.1) is 6.10 Å². The molecule has 0 aromatic carbocycles. The van der Waals surface area contributed by atoms with Crippen LogP contribution < -0.4 is 0 Å². The minimum absolute atomic E-state index is 0.0516. The number of aliphatic hydroxyl groups is 1. The van der Waals surface area contributed by atoms with Gasteiger partial charge in [-0.25, -0.2) is 0 Å². The molecule has 2 unspecified atom stereocenters. The first-order valence-corrected chi connectivity index (χ1v) is 6.57. The van der Waals surface area contributed by atoms with E-state index in [4.69, 9.17) is 0 Å². The van der Waals surface area contributed by atoms with Crippen LogP contribution in [0.1, 0.15) is 46.0 Å². The summed E-state index contributed by atoms with van der Waals surface area (Å²) in [5.41, 5.74) is 0. The van der Waals surface area contributed by atoms with Crippen LogP contribution >= 0.6 is 11.8 Å². The smallest absolute Gasteiger partial charge is 0.0633 e. The summed E-state index contributed by atoms with van der Waals surface area (Å²) in [4.78, 5) is 0. The van der Waals surface area contributed by atoms with Crippen molar-refractivity contribution in [1.29, 1.82) is 0 Å². The third kappa shape index (κ3) is 4.37. The molecule has 1 N–H and O–H groups in total. The van der Waals surface area contributed by atoms with Crippen LogP contribution in [0, 0.1) is 5.92 Å². The minimum Gasteiger partial charge on any atom is -0.392 e. The molecule has 1 rings (SSSR count). The number of rotatable bonds is 6. The predicted octanol–water partition coefficient (Wildman–Crippen LogP) is 3.07. The SMILES string of the molecule is CCC(C)SCC(O)CC1CCC1. The van der Waals surface area contributed by atoms with Crippen molar-refractivity contribution in [2.24, 2.45) is 5.92 Å². The largest absolute Gasteiger partial charge is 0.392 e. The Balaban J connectivity index is 1.99. The molecule has 0 saturated heterocycles. The van der Waals surface area contributed by atoms with Crippen molar-refractivity contribution in [2.75, 3.05) is 5.75 Å². The van der Waals surface area contributed by atoms with Gasteiger partial charge in [0, 0.05) is 11.0 Å². The van der Waals surface area contributed by atoms with E-state index in [2.05, 4.69) is 13.8 Å². The van der Waals surface area contributed by atoms with Crippen molar-refractivity contribution in [1.82, 2.24) is 0 Å². The highest BCUT2D eigenvalue weighted by Gasteiger charge is 2.20. The van der Waals surface area contributed by atoms with E-state index in [1.54, 1.807) is 0 Å². The van der Waals surface area contributed by atoms with E-state index < -0.39 is 0 Å². The molecule has 1 fully saturated rings. The van der Waals surface area contributed by atoms with Gasteiger partial charge < -0.3 is 5.11 Å². The second kappa shape index (κ2) is 5.92. The Morgan fingerprint density at radius 3 is 2.62 bits per heavy atom. The van der Waals surface area contributed by atoms with Crippen LogP contribution in [0.3, 0.4) is 0 Å². The van der Waals surface area contributed by atoms with Gasteiger partial charge in [0.15, 0.2) is 0 Å². The summed E-state index contributed by atoms with van der Waals surface area (Å²) in [6, 6.07) is 0. The van der Waals surface area contributed by atoms with E-state index in [0.717, 1.165) is 18.1 Å². The zero-order valence-electron chi connectivity index (χ0n) is 8.83. The first-order chi connectivity index (χ1) is 6.22. The molecule has 1 aliphatic carbocycles. The van der Waals surface area contributed by atoms with Gasteiger partial charge in [-0.3, -0.25) is 0 Å². The van der Waals surface area contributed by atoms with Gasteiger partial charge in [-0.15, -0.1) is 0 Å². The van der Waals surface area contributed by atoms with Gasteiger partial charge in [0.1, 0.15) is 0 Å². The molecular weight excluding hydrogens is 180 g/mol. The Labute approximate surface area is 86.3 Å². The molecule has 13 heavy (non-hydrogen) atoms. The molecule has 1 nitrogen and oxygen atoms in total. The molecule has 2 atom stereocenters. The molecule has 2 heteroatoms. The van der Waals surface area contributed by atoms with Crippen molar-refractivity contribution < 1.29 is 5.11 Å². The average Bonchev–Trinajstić information content (AvgIpc) is 2.07. The first kappa shape index (κ1) is 11.4. The summed E-state index contributed by atoms with van der Waals surface area (Å²) in [5, 5.41) is 10.4. The molecule has 0 aromatic heterocycles. The highest BCUT2D eigenvalue weighted by molar-refractivity contribution is 7.99. The number of hydrogen-bond donors (Lipinski definition) is 1. The number of aliphatic hydroxyl groups excluding tert-OH is 1. The average molecular weight is 202 g/mol. The molecule has 0 spiro atoms. The summed E-state index contributed by atoms with van der Waals surface area (Å²) in [5.74, 6) is 1.78. The molecule has 0 bridgehead atoms. The lowest BCUT2D eigenvalue weighted by atomic mass is 9.82. The van der Waals surface area contributed by atoms with Gasteiger partial charge >= 0.3 is 0 Å². The Bertz CT molecular complexity index is 134. The number of thioether (sulfide) groups is 1. The Kier molecular flexibility index (Phi) is 5.18.